The van der Waals surface area contributed by atoms with Crippen LogP contribution in [-0.2, 0) is 14.3 Å². The fourth-order valence-corrected chi connectivity index (χ4v) is 3.37. The molecule has 5 heteroatoms. The monoisotopic (exact) mass is 295 g/mol. The highest BCUT2D eigenvalue weighted by atomic mass is 16.5. The normalized spacial score (nSPS) is 28.6. The predicted octanol–water partition coefficient (Wildman–Crippen LogP) is 1.48. The lowest BCUT2D eigenvalue weighted by Crippen LogP contribution is -2.48. The van der Waals surface area contributed by atoms with Gasteiger partial charge in [0.2, 0.25) is 5.91 Å². The SMILES string of the molecule is COC[C@@H]1CCCN1C(=O)[C@]1(CCO)C=CCC=C1OC. The van der Waals surface area contributed by atoms with Crippen LogP contribution in [-0.4, -0.2) is 55.9 Å². The highest BCUT2D eigenvalue weighted by Gasteiger charge is 2.46. The second-order valence-electron chi connectivity index (χ2n) is 5.61. The van der Waals surface area contributed by atoms with Crippen molar-refractivity contribution >= 4 is 5.91 Å². The molecule has 0 aromatic heterocycles. The fourth-order valence-electron chi connectivity index (χ4n) is 3.37. The van der Waals surface area contributed by atoms with Gasteiger partial charge >= 0.3 is 0 Å². The molecule has 118 valence electrons. The molecule has 1 fully saturated rings. The molecule has 1 saturated heterocycles. The standard InChI is InChI=1S/C16H25NO4/c1-20-12-13-6-5-10-17(13)15(19)16(9-11-18)8-4-3-7-14(16)21-2/h4,7-8,13,18H,3,5-6,9-12H2,1-2H3/t13-,16-/m0/s1. The minimum atomic E-state index is -0.863. The zero-order chi connectivity index (χ0) is 15.3. The van der Waals surface area contributed by atoms with E-state index in [-0.39, 0.29) is 18.6 Å². The van der Waals surface area contributed by atoms with Gasteiger partial charge in [0.15, 0.2) is 0 Å². The highest BCUT2D eigenvalue weighted by molar-refractivity contribution is 5.88. The van der Waals surface area contributed by atoms with Gasteiger partial charge in [-0.3, -0.25) is 4.79 Å². The van der Waals surface area contributed by atoms with Crippen LogP contribution in [0.15, 0.2) is 24.0 Å². The van der Waals surface area contributed by atoms with Gasteiger partial charge in [0.25, 0.3) is 0 Å². The lowest BCUT2D eigenvalue weighted by molar-refractivity contribution is -0.142. The number of amides is 1. The predicted molar refractivity (Wildman–Crippen MR) is 79.6 cm³/mol. The smallest absolute Gasteiger partial charge is 0.240 e. The molecule has 0 aromatic carbocycles. The lowest BCUT2D eigenvalue weighted by atomic mass is 9.77. The summed E-state index contributed by atoms with van der Waals surface area (Å²) in [5.41, 5.74) is -0.863. The number of hydrogen-bond donors (Lipinski definition) is 1. The Bertz CT molecular complexity index is 432. The van der Waals surface area contributed by atoms with E-state index in [1.54, 1.807) is 14.2 Å². The van der Waals surface area contributed by atoms with Crippen LogP contribution in [0, 0.1) is 5.41 Å². The molecule has 0 aromatic rings. The number of carbonyl (C=O) groups excluding carboxylic acids is 1. The number of aliphatic hydroxyl groups is 1. The minimum Gasteiger partial charge on any atom is -0.500 e. The Kier molecular flexibility index (Phi) is 5.42. The minimum absolute atomic E-state index is 0.0140. The maximum absolute atomic E-state index is 13.2. The van der Waals surface area contributed by atoms with Crippen molar-refractivity contribution in [2.24, 2.45) is 5.41 Å². The Labute approximate surface area is 126 Å². The first-order valence-electron chi connectivity index (χ1n) is 7.52. The molecule has 1 amide bonds. The average Bonchev–Trinajstić information content (AvgIpc) is 2.95. The van der Waals surface area contributed by atoms with Crippen molar-refractivity contribution in [1.82, 2.24) is 4.90 Å². The number of hydrogen-bond acceptors (Lipinski definition) is 4. The van der Waals surface area contributed by atoms with Gasteiger partial charge < -0.3 is 19.5 Å². The number of likely N-dealkylation sites (tertiary alicyclic amines) is 1. The number of aliphatic hydroxyl groups excluding tert-OH is 1. The molecule has 2 atom stereocenters. The Morgan fingerprint density at radius 1 is 1.52 bits per heavy atom. The van der Waals surface area contributed by atoms with Gasteiger partial charge in [-0.05, 0) is 31.8 Å². The molecule has 0 saturated carbocycles. The van der Waals surface area contributed by atoms with Crippen LogP contribution in [0.5, 0.6) is 0 Å². The topological polar surface area (TPSA) is 59.0 Å². The van der Waals surface area contributed by atoms with E-state index >= 15 is 0 Å². The Morgan fingerprint density at radius 2 is 2.33 bits per heavy atom. The molecule has 0 spiro atoms. The molecule has 1 heterocycles. The largest absolute Gasteiger partial charge is 0.500 e. The first kappa shape index (κ1) is 16.0. The fraction of sp³-hybridized carbons (Fsp3) is 0.688. The summed E-state index contributed by atoms with van der Waals surface area (Å²) >= 11 is 0. The Hall–Kier alpha value is -1.33. The van der Waals surface area contributed by atoms with Gasteiger partial charge in [0.05, 0.1) is 19.8 Å². The zero-order valence-corrected chi connectivity index (χ0v) is 12.9. The third-order valence-electron chi connectivity index (χ3n) is 4.39. The molecular formula is C16H25NO4. The average molecular weight is 295 g/mol. The molecular weight excluding hydrogens is 270 g/mol. The first-order chi connectivity index (χ1) is 10.2. The van der Waals surface area contributed by atoms with Gasteiger partial charge in [-0.2, -0.15) is 0 Å². The molecule has 1 aliphatic heterocycles. The molecule has 0 bridgehead atoms. The summed E-state index contributed by atoms with van der Waals surface area (Å²) in [6.07, 6.45) is 8.84. The van der Waals surface area contributed by atoms with Gasteiger partial charge in [0, 0.05) is 20.3 Å². The second-order valence-corrected chi connectivity index (χ2v) is 5.61. The van der Waals surface area contributed by atoms with Crippen LogP contribution in [0.2, 0.25) is 0 Å². The third-order valence-corrected chi connectivity index (χ3v) is 4.39. The summed E-state index contributed by atoms with van der Waals surface area (Å²) in [6.45, 7) is 1.24. The van der Waals surface area contributed by atoms with Crippen LogP contribution in [0.3, 0.4) is 0 Å². The van der Waals surface area contributed by atoms with E-state index in [0.717, 1.165) is 25.8 Å². The van der Waals surface area contributed by atoms with Crippen LogP contribution in [0.4, 0.5) is 0 Å². The van der Waals surface area contributed by atoms with E-state index in [0.29, 0.717) is 18.8 Å². The van der Waals surface area contributed by atoms with Gasteiger partial charge in [0.1, 0.15) is 11.2 Å². The van der Waals surface area contributed by atoms with Crippen molar-refractivity contribution in [2.75, 3.05) is 34.0 Å². The molecule has 21 heavy (non-hydrogen) atoms. The summed E-state index contributed by atoms with van der Waals surface area (Å²) in [5, 5.41) is 9.45. The zero-order valence-electron chi connectivity index (χ0n) is 12.9. The number of methoxy groups -OCH3 is 2. The maximum atomic E-state index is 13.2. The number of carbonyl (C=O) groups is 1. The van der Waals surface area contributed by atoms with Gasteiger partial charge in [-0.15, -0.1) is 0 Å². The highest BCUT2D eigenvalue weighted by Crippen LogP contribution is 2.40. The Morgan fingerprint density at radius 3 is 3.00 bits per heavy atom. The van der Waals surface area contributed by atoms with Crippen LogP contribution >= 0.6 is 0 Å². The molecule has 1 aliphatic carbocycles. The van der Waals surface area contributed by atoms with Crippen LogP contribution in [0.1, 0.15) is 25.7 Å². The van der Waals surface area contributed by atoms with Crippen molar-refractivity contribution in [3.63, 3.8) is 0 Å². The van der Waals surface area contributed by atoms with E-state index in [1.165, 1.54) is 0 Å². The molecule has 5 nitrogen and oxygen atoms in total. The maximum Gasteiger partial charge on any atom is 0.240 e. The first-order valence-corrected chi connectivity index (χ1v) is 7.52. The summed E-state index contributed by atoms with van der Waals surface area (Å²) in [6, 6.07) is 0.117. The van der Waals surface area contributed by atoms with Crippen LogP contribution < -0.4 is 0 Å². The molecule has 2 rings (SSSR count). The van der Waals surface area contributed by atoms with Crippen LogP contribution in [0.25, 0.3) is 0 Å². The summed E-state index contributed by atoms with van der Waals surface area (Å²) < 4.78 is 10.7. The summed E-state index contributed by atoms with van der Waals surface area (Å²) in [7, 11) is 3.24. The number of nitrogens with zero attached hydrogens (tertiary/aromatic N) is 1. The third kappa shape index (κ3) is 2.99. The van der Waals surface area contributed by atoms with Gasteiger partial charge in [-0.1, -0.05) is 12.2 Å². The molecule has 2 aliphatic rings. The molecule has 0 radical (unpaired) electrons. The van der Waals surface area contributed by atoms with E-state index in [1.807, 2.05) is 23.1 Å². The lowest BCUT2D eigenvalue weighted by Gasteiger charge is -2.37. The van der Waals surface area contributed by atoms with Crippen molar-refractivity contribution in [1.29, 1.82) is 0 Å². The quantitative estimate of drug-likeness (QED) is 0.754. The summed E-state index contributed by atoms with van der Waals surface area (Å²) in [4.78, 5) is 15.0. The van der Waals surface area contributed by atoms with Gasteiger partial charge in [-0.25, -0.2) is 0 Å². The molecule has 0 unspecified atom stereocenters. The van der Waals surface area contributed by atoms with Crippen molar-refractivity contribution in [3.05, 3.63) is 24.0 Å². The Balaban J connectivity index is 2.29. The van der Waals surface area contributed by atoms with Crippen molar-refractivity contribution < 1.29 is 19.4 Å². The van der Waals surface area contributed by atoms with Crippen molar-refractivity contribution in [3.8, 4) is 0 Å². The summed E-state index contributed by atoms with van der Waals surface area (Å²) in [5.74, 6) is 0.660. The number of ether oxygens (including phenoxy) is 2. The molecule has 1 N–H and O–H groups in total. The van der Waals surface area contributed by atoms with E-state index in [4.69, 9.17) is 9.47 Å². The van der Waals surface area contributed by atoms with Crippen molar-refractivity contribution in [2.45, 2.75) is 31.7 Å². The van der Waals surface area contributed by atoms with E-state index in [9.17, 15) is 9.90 Å². The number of allylic oxidation sites excluding steroid dienone is 2. The van der Waals surface area contributed by atoms with E-state index in [2.05, 4.69) is 0 Å². The number of rotatable bonds is 6. The second kappa shape index (κ2) is 7.09. The van der Waals surface area contributed by atoms with E-state index < -0.39 is 5.41 Å².